The lowest BCUT2D eigenvalue weighted by Crippen LogP contribution is -2.02. The van der Waals surface area contributed by atoms with Gasteiger partial charge in [0.15, 0.2) is 5.69 Å². The smallest absolute Gasteiger partial charge is 0.212 e. The van der Waals surface area contributed by atoms with E-state index in [0.29, 0.717) is 5.69 Å². The van der Waals surface area contributed by atoms with Gasteiger partial charge in [-0.25, -0.2) is 4.98 Å². The van der Waals surface area contributed by atoms with Gasteiger partial charge in [-0.2, -0.15) is 9.94 Å². The highest BCUT2D eigenvalue weighted by Gasteiger charge is 2.19. The van der Waals surface area contributed by atoms with E-state index in [1.54, 1.807) is 16.0 Å². The van der Waals surface area contributed by atoms with Crippen LogP contribution >= 0.6 is 11.3 Å². The Bertz CT molecular complexity index is 595. The summed E-state index contributed by atoms with van der Waals surface area (Å²) >= 11 is 1.68. The Morgan fingerprint density at radius 1 is 1.39 bits per heavy atom. The molecule has 2 aromatic rings. The fraction of sp³-hybridized carbons (Fsp3) is 0.500. The highest BCUT2D eigenvalue weighted by Crippen LogP contribution is 2.29. The van der Waals surface area contributed by atoms with E-state index in [9.17, 15) is 0 Å². The van der Waals surface area contributed by atoms with Crippen molar-refractivity contribution in [2.24, 2.45) is 0 Å². The van der Waals surface area contributed by atoms with E-state index in [2.05, 4.69) is 21.4 Å². The van der Waals surface area contributed by atoms with Crippen LogP contribution in [0.4, 0.5) is 0 Å². The van der Waals surface area contributed by atoms with Gasteiger partial charge in [0.05, 0.1) is 11.4 Å². The summed E-state index contributed by atoms with van der Waals surface area (Å²) in [5, 5.41) is 17.8. The van der Waals surface area contributed by atoms with E-state index >= 15 is 0 Å². The Balaban J connectivity index is 2.07. The second kappa shape index (κ2) is 4.50. The van der Waals surface area contributed by atoms with Gasteiger partial charge in [-0.15, -0.1) is 5.10 Å². The zero-order valence-electron chi connectivity index (χ0n) is 10.2. The topological polar surface area (TPSA) is 67.4 Å². The minimum Gasteiger partial charge on any atom is -0.223 e. The maximum absolute atomic E-state index is 8.99. The lowest BCUT2D eigenvalue weighted by Gasteiger charge is -2.06. The predicted molar refractivity (Wildman–Crippen MR) is 67.8 cm³/mol. The van der Waals surface area contributed by atoms with Crippen molar-refractivity contribution in [2.45, 2.75) is 39.0 Å². The summed E-state index contributed by atoms with van der Waals surface area (Å²) in [5.41, 5.74) is 2.46. The van der Waals surface area contributed by atoms with E-state index in [4.69, 9.17) is 5.26 Å². The van der Waals surface area contributed by atoms with Crippen LogP contribution < -0.4 is 0 Å². The maximum atomic E-state index is 8.99. The van der Waals surface area contributed by atoms with Crippen LogP contribution in [-0.4, -0.2) is 20.0 Å². The van der Waals surface area contributed by atoms with Gasteiger partial charge in [0.2, 0.25) is 5.13 Å². The lowest BCUT2D eigenvalue weighted by atomic mass is 10.0. The first-order valence-corrected chi connectivity index (χ1v) is 6.98. The Morgan fingerprint density at radius 2 is 2.22 bits per heavy atom. The SMILES string of the molecule is CCc1c(C#N)nnn1-c1nc2c(s1)CCCC2. The number of aromatic nitrogens is 4. The van der Waals surface area contributed by atoms with Crippen LogP contribution in [0.15, 0.2) is 0 Å². The summed E-state index contributed by atoms with van der Waals surface area (Å²) in [6.07, 6.45) is 5.38. The summed E-state index contributed by atoms with van der Waals surface area (Å²) in [6.45, 7) is 2.00. The molecule has 0 saturated heterocycles. The molecule has 0 saturated carbocycles. The van der Waals surface area contributed by atoms with Crippen LogP contribution in [0, 0.1) is 11.3 Å². The second-order valence-corrected chi connectivity index (χ2v) is 5.40. The summed E-state index contributed by atoms with van der Waals surface area (Å²) in [6, 6.07) is 2.08. The number of nitriles is 1. The quantitative estimate of drug-likeness (QED) is 0.827. The van der Waals surface area contributed by atoms with Crippen molar-refractivity contribution in [1.82, 2.24) is 20.0 Å². The average Bonchev–Trinajstić information content (AvgIpc) is 3.00. The summed E-state index contributed by atoms with van der Waals surface area (Å²) in [7, 11) is 0. The molecule has 92 valence electrons. The molecule has 0 bridgehead atoms. The van der Waals surface area contributed by atoms with Crippen LogP contribution in [-0.2, 0) is 19.3 Å². The predicted octanol–water partition coefficient (Wildman–Crippen LogP) is 2.04. The fourth-order valence-corrected chi connectivity index (χ4v) is 3.41. The molecule has 3 rings (SSSR count). The number of rotatable bonds is 2. The van der Waals surface area contributed by atoms with Crippen LogP contribution in [0.1, 0.15) is 41.7 Å². The van der Waals surface area contributed by atoms with E-state index in [1.165, 1.54) is 23.4 Å². The molecule has 5 nitrogen and oxygen atoms in total. The first kappa shape index (κ1) is 11.4. The van der Waals surface area contributed by atoms with Crippen molar-refractivity contribution in [3.63, 3.8) is 0 Å². The van der Waals surface area contributed by atoms with Gasteiger partial charge in [-0.1, -0.05) is 23.5 Å². The molecule has 18 heavy (non-hydrogen) atoms. The van der Waals surface area contributed by atoms with Crippen molar-refractivity contribution in [1.29, 1.82) is 5.26 Å². The van der Waals surface area contributed by atoms with E-state index in [0.717, 1.165) is 30.1 Å². The van der Waals surface area contributed by atoms with Gasteiger partial charge in [0.25, 0.3) is 0 Å². The van der Waals surface area contributed by atoms with Crippen LogP contribution in [0.2, 0.25) is 0 Å². The molecule has 2 aromatic heterocycles. The molecule has 1 aliphatic rings. The van der Waals surface area contributed by atoms with Crippen molar-refractivity contribution in [2.75, 3.05) is 0 Å². The first-order chi connectivity index (χ1) is 8.83. The molecule has 0 fully saturated rings. The van der Waals surface area contributed by atoms with Gasteiger partial charge in [-0.05, 0) is 32.1 Å². The molecular formula is C12H13N5S. The molecular weight excluding hydrogens is 246 g/mol. The normalized spacial score (nSPS) is 14.2. The summed E-state index contributed by atoms with van der Waals surface area (Å²) < 4.78 is 1.72. The van der Waals surface area contributed by atoms with Gasteiger partial charge >= 0.3 is 0 Å². The number of nitrogens with zero attached hydrogens (tertiary/aromatic N) is 5. The van der Waals surface area contributed by atoms with Crippen LogP contribution in [0.3, 0.4) is 0 Å². The molecule has 0 unspecified atom stereocenters. The highest BCUT2D eigenvalue weighted by molar-refractivity contribution is 7.14. The van der Waals surface area contributed by atoms with Crippen molar-refractivity contribution in [3.05, 3.63) is 22.0 Å². The third kappa shape index (κ3) is 1.71. The van der Waals surface area contributed by atoms with E-state index < -0.39 is 0 Å². The van der Waals surface area contributed by atoms with E-state index in [-0.39, 0.29) is 0 Å². The number of aryl methyl sites for hydroxylation is 2. The minimum atomic E-state index is 0.408. The maximum Gasteiger partial charge on any atom is 0.212 e. The molecule has 0 atom stereocenters. The standard InChI is InChI=1S/C12H13N5S/c1-2-10-9(7-13)15-16-17(10)12-14-8-5-3-4-6-11(8)18-12/h2-6H2,1H3. The molecule has 0 N–H and O–H groups in total. The number of hydrogen-bond acceptors (Lipinski definition) is 5. The van der Waals surface area contributed by atoms with Gasteiger partial charge in [0.1, 0.15) is 6.07 Å². The Kier molecular flexibility index (Phi) is 2.84. The molecule has 0 aliphatic heterocycles. The Hall–Kier alpha value is -1.74. The molecule has 2 heterocycles. The lowest BCUT2D eigenvalue weighted by molar-refractivity contribution is 0.677. The monoisotopic (exact) mass is 259 g/mol. The van der Waals surface area contributed by atoms with Crippen molar-refractivity contribution in [3.8, 4) is 11.2 Å². The zero-order valence-corrected chi connectivity index (χ0v) is 11.0. The minimum absolute atomic E-state index is 0.408. The largest absolute Gasteiger partial charge is 0.223 e. The van der Waals surface area contributed by atoms with Gasteiger partial charge in [-0.3, -0.25) is 0 Å². The molecule has 0 radical (unpaired) electrons. The third-order valence-electron chi connectivity index (χ3n) is 3.22. The summed E-state index contributed by atoms with van der Waals surface area (Å²) in [5.74, 6) is 0. The summed E-state index contributed by atoms with van der Waals surface area (Å²) in [4.78, 5) is 6.01. The van der Waals surface area contributed by atoms with Crippen LogP contribution in [0.25, 0.3) is 5.13 Å². The number of fused-ring (bicyclic) bond motifs is 1. The Labute approximate surface area is 109 Å². The number of thiazole rings is 1. The van der Waals surface area contributed by atoms with Crippen molar-refractivity contribution < 1.29 is 0 Å². The molecule has 6 heteroatoms. The highest BCUT2D eigenvalue weighted by atomic mass is 32.1. The zero-order chi connectivity index (χ0) is 12.5. The third-order valence-corrected chi connectivity index (χ3v) is 4.35. The van der Waals surface area contributed by atoms with Gasteiger partial charge < -0.3 is 0 Å². The molecule has 0 spiro atoms. The number of hydrogen-bond donors (Lipinski definition) is 0. The second-order valence-electron chi connectivity index (χ2n) is 4.34. The van der Waals surface area contributed by atoms with Crippen molar-refractivity contribution >= 4 is 11.3 Å². The molecule has 0 amide bonds. The van der Waals surface area contributed by atoms with Crippen LogP contribution in [0.5, 0.6) is 0 Å². The fourth-order valence-electron chi connectivity index (χ4n) is 2.29. The van der Waals surface area contributed by atoms with Gasteiger partial charge in [0, 0.05) is 4.88 Å². The Morgan fingerprint density at radius 3 is 2.94 bits per heavy atom. The van der Waals surface area contributed by atoms with E-state index in [1.807, 2.05) is 6.92 Å². The molecule has 0 aromatic carbocycles. The average molecular weight is 259 g/mol. The molecule has 1 aliphatic carbocycles. The first-order valence-electron chi connectivity index (χ1n) is 6.17.